The molecule has 0 saturated carbocycles. The van der Waals surface area contributed by atoms with Crippen LogP contribution >= 0.6 is 0 Å². The van der Waals surface area contributed by atoms with Crippen LogP contribution in [0.25, 0.3) is 10.9 Å². The fourth-order valence-electron chi connectivity index (χ4n) is 8.60. The summed E-state index contributed by atoms with van der Waals surface area (Å²) in [4.78, 5) is 63.8. The highest BCUT2D eigenvalue weighted by Gasteiger charge is 2.46. The fourth-order valence-corrected chi connectivity index (χ4v) is 8.60. The number of benzene rings is 1. The maximum atomic E-state index is 14.3. The Bertz CT molecular complexity index is 1660. The van der Waals surface area contributed by atoms with Crippen LogP contribution in [0.15, 0.2) is 53.3 Å². The number of carbonyl (C=O) groups is 3. The molecule has 0 bridgehead atoms. The Morgan fingerprint density at radius 2 is 1.78 bits per heavy atom. The quantitative estimate of drug-likeness (QED) is 0.181. The molecule has 0 aliphatic carbocycles. The summed E-state index contributed by atoms with van der Waals surface area (Å²) in [5.41, 5.74) is 2.70. The lowest BCUT2D eigenvalue weighted by atomic mass is 9.89. The molecule has 304 valence electrons. The van der Waals surface area contributed by atoms with E-state index >= 15 is 0 Å². The zero-order valence-electron chi connectivity index (χ0n) is 34.9. The summed E-state index contributed by atoms with van der Waals surface area (Å²) >= 11 is 0. The molecule has 2 aliphatic rings. The van der Waals surface area contributed by atoms with Crippen molar-refractivity contribution in [2.75, 3.05) is 41.3 Å². The van der Waals surface area contributed by atoms with E-state index < -0.39 is 30.2 Å². The summed E-state index contributed by atoms with van der Waals surface area (Å²) in [5.74, 6) is -1.05. The summed E-state index contributed by atoms with van der Waals surface area (Å²) in [7, 11) is 7.12. The molecule has 13 heteroatoms. The topological polar surface area (TPSA) is 146 Å². The molecule has 2 aliphatic heterocycles. The predicted molar refractivity (Wildman–Crippen MR) is 216 cm³/mol. The van der Waals surface area contributed by atoms with Gasteiger partial charge in [0.25, 0.3) is 5.88 Å². The first-order chi connectivity index (χ1) is 26.1. The third-order valence-electron chi connectivity index (χ3n) is 11.7. The number of hydrogen-bond acceptors (Lipinski definition) is 10. The molecular formula is C42H65N7O6. The van der Waals surface area contributed by atoms with E-state index in [-0.39, 0.29) is 53.4 Å². The number of amides is 3. The van der Waals surface area contributed by atoms with Gasteiger partial charge in [-0.3, -0.25) is 24.3 Å². The maximum absolute atomic E-state index is 14.3. The van der Waals surface area contributed by atoms with Gasteiger partial charge in [0, 0.05) is 50.4 Å². The van der Waals surface area contributed by atoms with Crippen molar-refractivity contribution < 1.29 is 23.9 Å². The van der Waals surface area contributed by atoms with Crippen LogP contribution in [-0.2, 0) is 30.3 Å². The van der Waals surface area contributed by atoms with Gasteiger partial charge in [0.1, 0.15) is 12.1 Å². The highest BCUT2D eigenvalue weighted by Crippen LogP contribution is 2.39. The lowest BCUT2D eigenvalue weighted by Gasteiger charge is -2.39. The number of likely N-dealkylation sites (tertiary alicyclic amines) is 1. The van der Waals surface area contributed by atoms with Gasteiger partial charge in [-0.2, -0.15) is 0 Å². The van der Waals surface area contributed by atoms with Crippen LogP contribution in [0.5, 0.6) is 0 Å². The van der Waals surface area contributed by atoms with Crippen LogP contribution in [0, 0.1) is 28.6 Å². The molecule has 2 aromatic rings. The van der Waals surface area contributed by atoms with Gasteiger partial charge >= 0.3 is 0 Å². The lowest BCUT2D eigenvalue weighted by molar-refractivity contribution is -0.143. The van der Waals surface area contributed by atoms with E-state index in [1.807, 2.05) is 71.8 Å². The fraction of sp³-hybridized carbons (Fsp3) is 0.667. The first-order valence-corrected chi connectivity index (χ1v) is 20.0. The van der Waals surface area contributed by atoms with Crippen molar-refractivity contribution in [1.82, 2.24) is 30.3 Å². The number of ether oxygens (including phenoxy) is 2. The molecule has 0 radical (unpaired) electrons. The van der Waals surface area contributed by atoms with Gasteiger partial charge in [-0.25, -0.2) is 0 Å². The monoisotopic (exact) mass is 763 g/mol. The third-order valence-corrected chi connectivity index (χ3v) is 11.7. The Morgan fingerprint density at radius 3 is 2.40 bits per heavy atom. The van der Waals surface area contributed by atoms with E-state index in [1.165, 1.54) is 0 Å². The number of aromatic nitrogens is 1. The van der Waals surface area contributed by atoms with Crippen LogP contribution in [0.2, 0.25) is 0 Å². The smallest absolute Gasteiger partial charge is 0.275 e. The van der Waals surface area contributed by atoms with Gasteiger partial charge in [0.2, 0.25) is 17.7 Å². The minimum atomic E-state index is -0.745. The zero-order valence-corrected chi connectivity index (χ0v) is 34.9. The van der Waals surface area contributed by atoms with Gasteiger partial charge in [0.05, 0.1) is 41.4 Å². The number of likely N-dealkylation sites (N-methyl/N-ethyl adjacent to an activating group) is 2. The lowest BCUT2D eigenvalue weighted by Crippen LogP contribution is -2.59. The van der Waals surface area contributed by atoms with Crippen molar-refractivity contribution in [2.24, 2.45) is 28.8 Å². The van der Waals surface area contributed by atoms with E-state index in [2.05, 4.69) is 51.7 Å². The zero-order chi connectivity index (χ0) is 40.6. The predicted octanol–water partition coefficient (Wildman–Crippen LogP) is 5.33. The van der Waals surface area contributed by atoms with Gasteiger partial charge in [-0.15, -0.1) is 4.91 Å². The third kappa shape index (κ3) is 10.2. The van der Waals surface area contributed by atoms with Crippen LogP contribution in [0.1, 0.15) is 79.7 Å². The molecule has 4 rings (SSSR count). The highest BCUT2D eigenvalue weighted by atomic mass is 16.5. The van der Waals surface area contributed by atoms with Crippen LogP contribution in [0.4, 0.5) is 0 Å². The molecule has 1 saturated heterocycles. The van der Waals surface area contributed by atoms with Crippen LogP contribution in [-0.4, -0.2) is 115 Å². The summed E-state index contributed by atoms with van der Waals surface area (Å²) in [5, 5.41) is 10.6. The molecule has 3 amide bonds. The number of carbonyl (C=O) groups excluding carboxylic acids is 3. The van der Waals surface area contributed by atoms with Gasteiger partial charge in [0.15, 0.2) is 0 Å². The largest absolute Gasteiger partial charge is 0.468 e. The summed E-state index contributed by atoms with van der Waals surface area (Å²) < 4.78 is 12.4. The Labute approximate surface area is 327 Å². The van der Waals surface area contributed by atoms with Crippen molar-refractivity contribution in [3.05, 3.63) is 58.6 Å². The first kappa shape index (κ1) is 43.6. The summed E-state index contributed by atoms with van der Waals surface area (Å²) in [6, 6.07) is 8.39. The number of pyridine rings is 1. The van der Waals surface area contributed by atoms with Gasteiger partial charge < -0.3 is 29.9 Å². The average molecular weight is 764 g/mol. The summed E-state index contributed by atoms with van der Waals surface area (Å²) in [6.45, 7) is 15.0. The van der Waals surface area contributed by atoms with E-state index in [9.17, 15) is 19.3 Å². The number of hydrogen-bond donors (Lipinski definition) is 2. The maximum Gasteiger partial charge on any atom is 0.275 e. The minimum Gasteiger partial charge on any atom is -0.468 e. The molecule has 3 heterocycles. The van der Waals surface area contributed by atoms with E-state index in [0.29, 0.717) is 31.6 Å². The van der Waals surface area contributed by atoms with Crippen molar-refractivity contribution in [3.63, 3.8) is 0 Å². The molecule has 0 spiro atoms. The van der Waals surface area contributed by atoms with E-state index in [1.54, 1.807) is 25.3 Å². The second-order valence-corrected chi connectivity index (χ2v) is 16.4. The molecule has 1 aromatic carbocycles. The molecule has 1 fully saturated rings. The Hall–Kier alpha value is -4.10. The Morgan fingerprint density at radius 1 is 1.05 bits per heavy atom. The highest BCUT2D eigenvalue weighted by molar-refractivity contribution is 5.90. The number of nitroso groups, excluding NO2 is 1. The van der Waals surface area contributed by atoms with Gasteiger partial charge in [-0.05, 0) is 68.8 Å². The SMILES string of the molecule is CC[C@H](C)C([C@H]1CC(N2CCC[C@H]2[C@H](OC)[C@@H](C)C(=O)NCCc2ccc3cccnc3c2)=C(N=O)O1)N(C)C(=O)[C@@H](NC(=O)[C@H](C(C)C)N(C)C)C(C)C. The van der Waals surface area contributed by atoms with Crippen molar-refractivity contribution >= 4 is 28.6 Å². The number of methoxy groups -OCH3 is 1. The van der Waals surface area contributed by atoms with Crippen molar-refractivity contribution in [2.45, 2.75) is 117 Å². The normalized spacial score (nSPS) is 20.7. The molecule has 1 aromatic heterocycles. The van der Waals surface area contributed by atoms with E-state index in [4.69, 9.17) is 9.47 Å². The molecular weight excluding hydrogens is 699 g/mol. The number of nitrogens with zero attached hydrogens (tertiary/aromatic N) is 5. The van der Waals surface area contributed by atoms with Crippen molar-refractivity contribution in [3.8, 4) is 0 Å². The van der Waals surface area contributed by atoms with Crippen molar-refractivity contribution in [1.29, 1.82) is 0 Å². The number of rotatable bonds is 19. The van der Waals surface area contributed by atoms with E-state index in [0.717, 1.165) is 35.7 Å². The molecule has 2 N–H and O–H groups in total. The second kappa shape index (κ2) is 19.7. The second-order valence-electron chi connectivity index (χ2n) is 16.4. The standard InChI is InChI=1S/C42H65N7O6/c1-12-27(6)37(48(10)42(52)35(25(2)3)45-40(51)36(26(4)5)47(8)9)34-24-33(41(46-53)55-34)49-22-14-16-32(49)38(54-11)28(7)39(50)44-21-19-29-17-18-30-15-13-20-43-31(30)23-29/h13,15,17-18,20,23,25-28,32,34-38H,12,14,16,19,21-22,24H2,1-11H3,(H,44,50)(H,45,51)/t27-,28+,32-,34+,35-,36-,37?,38+/m0/s1. The van der Waals surface area contributed by atoms with Gasteiger partial charge in [-0.1, -0.05) is 73.1 Å². The molecule has 1 unspecified atom stereocenters. The van der Waals surface area contributed by atoms with Crippen LogP contribution in [0.3, 0.4) is 0 Å². The minimum absolute atomic E-state index is 0.00981. The number of nitrogens with one attached hydrogen (secondary N) is 2. The Balaban J connectivity index is 1.47. The average Bonchev–Trinajstić information content (AvgIpc) is 3.80. The summed E-state index contributed by atoms with van der Waals surface area (Å²) in [6.07, 6.45) is 4.22. The Kier molecular flexibility index (Phi) is 15.6. The van der Waals surface area contributed by atoms with Crippen LogP contribution < -0.4 is 10.6 Å². The molecule has 55 heavy (non-hydrogen) atoms. The number of fused-ring (bicyclic) bond motifs is 1. The molecule has 8 atom stereocenters. The molecule has 13 nitrogen and oxygen atoms in total. The first-order valence-electron chi connectivity index (χ1n) is 20.0.